The van der Waals surface area contributed by atoms with Crippen LogP contribution in [0.4, 0.5) is 0 Å². The maximum absolute atomic E-state index is 11.3. The number of aliphatic hydroxyl groups is 1. The number of hydrogen-bond donors (Lipinski definition) is 1. The van der Waals surface area contributed by atoms with E-state index in [0.717, 1.165) is 0 Å². The summed E-state index contributed by atoms with van der Waals surface area (Å²) in [7, 11) is 1.32. The SMILES string of the molecule is COCC(O)=C1C(=O)OC(C)(C)OC1=O. The molecule has 1 rings (SSSR count). The van der Waals surface area contributed by atoms with Gasteiger partial charge in [0, 0.05) is 21.0 Å². The van der Waals surface area contributed by atoms with Crippen LogP contribution in [0.25, 0.3) is 0 Å². The van der Waals surface area contributed by atoms with Crippen molar-refractivity contribution >= 4 is 11.9 Å². The first-order chi connectivity index (χ1) is 6.87. The Bertz CT molecular complexity index is 305. The van der Waals surface area contributed by atoms with Gasteiger partial charge in [-0.05, 0) is 0 Å². The molecule has 0 amide bonds. The first-order valence-corrected chi connectivity index (χ1v) is 4.25. The molecule has 6 nitrogen and oxygen atoms in total. The number of ether oxygens (including phenoxy) is 3. The number of hydrogen-bond acceptors (Lipinski definition) is 6. The van der Waals surface area contributed by atoms with Gasteiger partial charge in [0.1, 0.15) is 12.4 Å². The highest BCUT2D eigenvalue weighted by Gasteiger charge is 2.41. The van der Waals surface area contributed by atoms with Crippen molar-refractivity contribution in [1.82, 2.24) is 0 Å². The normalized spacial score (nSPS) is 19.5. The summed E-state index contributed by atoms with van der Waals surface area (Å²) in [5.41, 5.74) is -0.517. The lowest BCUT2D eigenvalue weighted by molar-refractivity contribution is -0.222. The van der Waals surface area contributed by atoms with E-state index in [0.29, 0.717) is 0 Å². The molecule has 1 aliphatic heterocycles. The highest BCUT2D eigenvalue weighted by Crippen LogP contribution is 2.23. The molecule has 1 aliphatic rings. The van der Waals surface area contributed by atoms with E-state index in [1.54, 1.807) is 0 Å². The van der Waals surface area contributed by atoms with Crippen LogP contribution in [0.15, 0.2) is 11.3 Å². The second-order valence-corrected chi connectivity index (χ2v) is 3.43. The molecule has 1 fully saturated rings. The van der Waals surface area contributed by atoms with Gasteiger partial charge in [0.05, 0.1) is 0 Å². The summed E-state index contributed by atoms with van der Waals surface area (Å²) in [5.74, 6) is -3.62. The fraction of sp³-hybridized carbons (Fsp3) is 0.556. The summed E-state index contributed by atoms with van der Waals surface area (Å²) in [6.07, 6.45) is 0. The first-order valence-electron chi connectivity index (χ1n) is 4.25. The molecule has 0 aliphatic carbocycles. The summed E-state index contributed by atoms with van der Waals surface area (Å²) in [6.45, 7) is 2.60. The summed E-state index contributed by atoms with van der Waals surface area (Å²) >= 11 is 0. The number of aliphatic hydroxyl groups excluding tert-OH is 1. The lowest BCUT2D eigenvalue weighted by atomic mass is 10.2. The van der Waals surface area contributed by atoms with Gasteiger partial charge in [-0.15, -0.1) is 0 Å². The Labute approximate surface area is 86.4 Å². The van der Waals surface area contributed by atoms with E-state index in [1.807, 2.05) is 0 Å². The van der Waals surface area contributed by atoms with Crippen molar-refractivity contribution in [1.29, 1.82) is 0 Å². The average molecular weight is 216 g/mol. The van der Waals surface area contributed by atoms with Crippen molar-refractivity contribution < 1.29 is 28.9 Å². The molecule has 0 radical (unpaired) electrons. The zero-order valence-electron chi connectivity index (χ0n) is 8.70. The Morgan fingerprint density at radius 3 is 2.20 bits per heavy atom. The van der Waals surface area contributed by atoms with E-state index in [9.17, 15) is 14.7 Å². The minimum atomic E-state index is -1.30. The predicted octanol–water partition coefficient (Wildman–Crippen LogP) is 0.281. The lowest BCUT2D eigenvalue weighted by Gasteiger charge is -2.29. The Morgan fingerprint density at radius 1 is 1.33 bits per heavy atom. The fourth-order valence-electron chi connectivity index (χ4n) is 1.10. The van der Waals surface area contributed by atoms with Gasteiger partial charge in [-0.2, -0.15) is 0 Å². The zero-order valence-corrected chi connectivity index (χ0v) is 8.70. The highest BCUT2D eigenvalue weighted by molar-refractivity contribution is 6.15. The molecule has 15 heavy (non-hydrogen) atoms. The van der Waals surface area contributed by atoms with E-state index in [4.69, 9.17) is 9.47 Å². The van der Waals surface area contributed by atoms with Gasteiger partial charge in [-0.25, -0.2) is 9.59 Å². The second-order valence-electron chi connectivity index (χ2n) is 3.43. The molecular weight excluding hydrogens is 204 g/mol. The summed E-state index contributed by atoms with van der Waals surface area (Å²) in [6, 6.07) is 0. The summed E-state index contributed by atoms with van der Waals surface area (Å²) < 4.78 is 14.1. The van der Waals surface area contributed by atoms with Crippen LogP contribution in [0.5, 0.6) is 0 Å². The molecule has 1 saturated heterocycles. The quantitative estimate of drug-likeness (QED) is 0.309. The largest absolute Gasteiger partial charge is 0.509 e. The second kappa shape index (κ2) is 3.90. The zero-order chi connectivity index (χ0) is 11.6. The van der Waals surface area contributed by atoms with Gasteiger partial charge in [-0.3, -0.25) is 0 Å². The van der Waals surface area contributed by atoms with E-state index in [-0.39, 0.29) is 6.61 Å². The van der Waals surface area contributed by atoms with Crippen molar-refractivity contribution in [3.8, 4) is 0 Å². The highest BCUT2D eigenvalue weighted by atomic mass is 16.7. The fourth-order valence-corrected chi connectivity index (χ4v) is 1.10. The molecule has 84 valence electrons. The molecule has 0 aromatic heterocycles. The van der Waals surface area contributed by atoms with Crippen molar-refractivity contribution in [2.24, 2.45) is 0 Å². The van der Waals surface area contributed by atoms with Gasteiger partial charge in [0.25, 0.3) is 5.79 Å². The Morgan fingerprint density at radius 2 is 1.80 bits per heavy atom. The van der Waals surface area contributed by atoms with Crippen LogP contribution in [0.1, 0.15) is 13.8 Å². The molecule has 0 spiro atoms. The van der Waals surface area contributed by atoms with Gasteiger partial charge in [0.15, 0.2) is 5.57 Å². The molecule has 1 heterocycles. The van der Waals surface area contributed by atoms with Crippen LogP contribution >= 0.6 is 0 Å². The predicted molar refractivity (Wildman–Crippen MR) is 47.8 cm³/mol. The number of cyclic esters (lactones) is 2. The number of methoxy groups -OCH3 is 1. The lowest BCUT2D eigenvalue weighted by Crippen LogP contribution is -2.42. The Kier molecular flexibility index (Phi) is 2.99. The third kappa shape index (κ3) is 2.47. The topological polar surface area (TPSA) is 82.1 Å². The molecule has 0 atom stereocenters. The van der Waals surface area contributed by atoms with Crippen LogP contribution < -0.4 is 0 Å². The number of esters is 2. The molecule has 6 heteroatoms. The van der Waals surface area contributed by atoms with Gasteiger partial charge in [-0.1, -0.05) is 0 Å². The van der Waals surface area contributed by atoms with Crippen LogP contribution in [-0.2, 0) is 23.8 Å². The van der Waals surface area contributed by atoms with E-state index < -0.39 is 29.1 Å². The summed E-state index contributed by atoms with van der Waals surface area (Å²) in [4.78, 5) is 22.7. The maximum atomic E-state index is 11.3. The van der Waals surface area contributed by atoms with E-state index >= 15 is 0 Å². The summed E-state index contributed by atoms with van der Waals surface area (Å²) in [5, 5.41) is 9.34. The minimum Gasteiger partial charge on any atom is -0.509 e. The van der Waals surface area contributed by atoms with Crippen LogP contribution in [0, 0.1) is 0 Å². The Balaban J connectivity index is 2.98. The minimum absolute atomic E-state index is 0.250. The van der Waals surface area contributed by atoms with Crippen molar-refractivity contribution in [2.75, 3.05) is 13.7 Å². The van der Waals surface area contributed by atoms with Gasteiger partial charge in [0.2, 0.25) is 0 Å². The van der Waals surface area contributed by atoms with Gasteiger partial charge < -0.3 is 19.3 Å². The smallest absolute Gasteiger partial charge is 0.352 e. The monoisotopic (exact) mass is 216 g/mol. The van der Waals surface area contributed by atoms with Crippen LogP contribution in [0.2, 0.25) is 0 Å². The van der Waals surface area contributed by atoms with Crippen molar-refractivity contribution in [3.63, 3.8) is 0 Å². The van der Waals surface area contributed by atoms with E-state index in [2.05, 4.69) is 4.74 Å². The molecular formula is C9H12O6. The van der Waals surface area contributed by atoms with Crippen LogP contribution in [0.3, 0.4) is 0 Å². The molecule has 0 aromatic carbocycles. The van der Waals surface area contributed by atoms with Crippen molar-refractivity contribution in [2.45, 2.75) is 19.6 Å². The first kappa shape index (κ1) is 11.5. The number of rotatable bonds is 2. The molecule has 0 unspecified atom stereocenters. The van der Waals surface area contributed by atoms with E-state index in [1.165, 1.54) is 21.0 Å². The van der Waals surface area contributed by atoms with Gasteiger partial charge >= 0.3 is 11.9 Å². The molecule has 1 N–H and O–H groups in total. The molecule has 0 bridgehead atoms. The Hall–Kier alpha value is -1.56. The van der Waals surface area contributed by atoms with Crippen LogP contribution in [-0.4, -0.2) is 36.5 Å². The maximum Gasteiger partial charge on any atom is 0.352 e. The number of carbonyl (C=O) groups is 2. The standard InChI is InChI=1S/C9H12O6/c1-9(2)14-7(11)6(8(12)15-9)5(10)4-13-3/h10H,4H2,1-3H3. The average Bonchev–Trinajstić information content (AvgIpc) is 1.99. The third-order valence-corrected chi connectivity index (χ3v) is 1.65. The third-order valence-electron chi connectivity index (χ3n) is 1.65. The molecule has 0 saturated carbocycles. The molecule has 0 aromatic rings. The van der Waals surface area contributed by atoms with Crippen molar-refractivity contribution in [3.05, 3.63) is 11.3 Å². The number of carbonyl (C=O) groups excluding carboxylic acids is 2.